The summed E-state index contributed by atoms with van der Waals surface area (Å²) < 4.78 is 19.0. The number of hydrogen-bond acceptors (Lipinski definition) is 4. The van der Waals surface area contributed by atoms with Crippen LogP contribution >= 0.6 is 0 Å². The fraction of sp³-hybridized carbons (Fsp3) is 0.704. The molecular weight excluding hydrogens is 435 g/mol. The van der Waals surface area contributed by atoms with E-state index in [2.05, 4.69) is 17.6 Å². The molecule has 6 rings (SSSR count). The molecule has 1 saturated heterocycles. The minimum atomic E-state index is -0.544. The second-order valence-corrected chi connectivity index (χ2v) is 11.8. The third kappa shape index (κ3) is 4.43. The Morgan fingerprint density at radius 3 is 2.65 bits per heavy atom. The first-order valence-electron chi connectivity index (χ1n) is 12.8. The third-order valence-corrected chi connectivity index (χ3v) is 9.20. The van der Waals surface area contributed by atoms with E-state index in [0.717, 1.165) is 37.7 Å². The van der Waals surface area contributed by atoms with Gasteiger partial charge in [0.1, 0.15) is 0 Å². The number of benzene rings is 1. The lowest BCUT2D eigenvalue weighted by atomic mass is 9.46. The topological polar surface area (TPSA) is 87.7 Å². The fourth-order valence-corrected chi connectivity index (χ4v) is 8.00. The van der Waals surface area contributed by atoms with Crippen LogP contribution in [0.25, 0.3) is 0 Å². The minimum Gasteiger partial charge on any atom is -0.494 e. The number of nitrogens with one attached hydrogen (secondary N) is 2. The zero-order valence-corrected chi connectivity index (χ0v) is 20.3. The molecule has 1 heterocycles. The van der Waals surface area contributed by atoms with E-state index in [0.29, 0.717) is 43.9 Å². The Labute approximate surface area is 201 Å². The van der Waals surface area contributed by atoms with Gasteiger partial charge in [-0.25, -0.2) is 4.39 Å². The first kappa shape index (κ1) is 23.6. The zero-order chi connectivity index (χ0) is 24.1. The average molecular weight is 473 g/mol. The second-order valence-electron chi connectivity index (χ2n) is 11.8. The summed E-state index contributed by atoms with van der Waals surface area (Å²) in [5.74, 6) is 0.905. The molecule has 6 atom stereocenters. The summed E-state index contributed by atoms with van der Waals surface area (Å²) in [4.78, 5) is 25.2. The van der Waals surface area contributed by atoms with E-state index in [4.69, 9.17) is 4.74 Å². The third-order valence-electron chi connectivity index (χ3n) is 9.20. The molecule has 3 N–H and O–H groups in total. The van der Waals surface area contributed by atoms with Crippen LogP contribution < -0.4 is 15.4 Å². The van der Waals surface area contributed by atoms with Gasteiger partial charge in [-0.15, -0.1) is 0 Å². The smallest absolute Gasteiger partial charge is 0.220 e. The van der Waals surface area contributed by atoms with Crippen LogP contribution in [0, 0.1) is 23.1 Å². The van der Waals surface area contributed by atoms with Gasteiger partial charge in [0, 0.05) is 24.4 Å². The number of carbonyl (C=O) groups is 2. The molecule has 2 amide bonds. The molecule has 1 aromatic carbocycles. The summed E-state index contributed by atoms with van der Waals surface area (Å²) in [5.41, 5.74) is -0.192. The molecule has 6 nitrogen and oxygen atoms in total. The molecule has 7 heteroatoms. The first-order valence-corrected chi connectivity index (χ1v) is 12.8. The van der Waals surface area contributed by atoms with Crippen molar-refractivity contribution in [1.29, 1.82) is 0 Å². The predicted octanol–water partition coefficient (Wildman–Crippen LogP) is 3.64. The molecule has 1 aromatic rings. The summed E-state index contributed by atoms with van der Waals surface area (Å²) in [7, 11) is 1.43. The highest BCUT2D eigenvalue weighted by Gasteiger charge is 2.59. The van der Waals surface area contributed by atoms with E-state index in [9.17, 15) is 19.1 Å². The van der Waals surface area contributed by atoms with Crippen molar-refractivity contribution in [1.82, 2.24) is 10.6 Å². The maximum atomic E-state index is 13.8. The summed E-state index contributed by atoms with van der Waals surface area (Å²) in [6, 6.07) is 4.78. The number of carbonyl (C=O) groups excluding carboxylic acids is 2. The number of halogens is 1. The normalized spacial score (nSPS) is 36.9. The fourth-order valence-electron chi connectivity index (χ4n) is 8.00. The van der Waals surface area contributed by atoms with Crippen LogP contribution in [-0.2, 0) is 16.0 Å². The van der Waals surface area contributed by atoms with Gasteiger partial charge < -0.3 is 20.5 Å². The van der Waals surface area contributed by atoms with Gasteiger partial charge in [-0.3, -0.25) is 9.59 Å². The lowest BCUT2D eigenvalue weighted by Gasteiger charge is -2.62. The minimum absolute atomic E-state index is 0.00157. The van der Waals surface area contributed by atoms with E-state index < -0.39 is 17.0 Å². The van der Waals surface area contributed by atoms with Crippen LogP contribution in [0.2, 0.25) is 0 Å². The van der Waals surface area contributed by atoms with Crippen molar-refractivity contribution in [3.63, 3.8) is 0 Å². The highest BCUT2D eigenvalue weighted by molar-refractivity contribution is 5.80. The molecule has 5 aliphatic rings. The maximum absolute atomic E-state index is 13.8. The van der Waals surface area contributed by atoms with Crippen molar-refractivity contribution in [2.75, 3.05) is 7.11 Å². The van der Waals surface area contributed by atoms with Gasteiger partial charge in [-0.2, -0.15) is 0 Å². The van der Waals surface area contributed by atoms with Gasteiger partial charge in [0.2, 0.25) is 11.8 Å². The molecule has 4 saturated carbocycles. The Kier molecular flexibility index (Phi) is 5.90. The largest absolute Gasteiger partial charge is 0.494 e. The molecule has 0 radical (unpaired) electrons. The zero-order valence-electron chi connectivity index (χ0n) is 20.3. The van der Waals surface area contributed by atoms with Crippen LogP contribution in [0.1, 0.15) is 76.7 Å². The summed E-state index contributed by atoms with van der Waals surface area (Å²) in [6.45, 7) is 2.10. The number of amides is 2. The molecule has 2 unspecified atom stereocenters. The Bertz CT molecular complexity index is 967. The van der Waals surface area contributed by atoms with Gasteiger partial charge >= 0.3 is 0 Å². The molecule has 4 aliphatic carbocycles. The van der Waals surface area contributed by atoms with E-state index in [-0.39, 0.29) is 29.0 Å². The van der Waals surface area contributed by atoms with Crippen LogP contribution in [0.5, 0.6) is 5.75 Å². The number of ether oxygens (including phenoxy) is 1. The molecule has 186 valence electrons. The van der Waals surface area contributed by atoms with E-state index in [1.165, 1.54) is 19.6 Å². The van der Waals surface area contributed by atoms with Crippen LogP contribution in [0.3, 0.4) is 0 Å². The molecule has 0 aromatic heterocycles. The van der Waals surface area contributed by atoms with Gasteiger partial charge in [-0.1, -0.05) is 6.07 Å². The monoisotopic (exact) mass is 472 g/mol. The SMILES string of the molecule is COc1cc(C[C@]2(CCC(=O)N[C@H](C)C34C[C@@H]5C[C@@H](CC(O)(C5)C3)C4)CCC(=O)N2)ccc1F. The first-order chi connectivity index (χ1) is 16.1. The summed E-state index contributed by atoms with van der Waals surface area (Å²) in [5, 5.41) is 17.4. The van der Waals surface area contributed by atoms with Crippen molar-refractivity contribution in [3.8, 4) is 5.75 Å². The van der Waals surface area contributed by atoms with Gasteiger partial charge in [0.15, 0.2) is 11.6 Å². The predicted molar refractivity (Wildman–Crippen MR) is 126 cm³/mol. The number of methoxy groups -OCH3 is 1. The van der Waals surface area contributed by atoms with E-state index >= 15 is 0 Å². The van der Waals surface area contributed by atoms with Crippen molar-refractivity contribution in [2.45, 2.75) is 94.7 Å². The lowest BCUT2D eigenvalue weighted by Crippen LogP contribution is -2.61. The van der Waals surface area contributed by atoms with Gasteiger partial charge in [-0.05, 0) is 99.7 Å². The van der Waals surface area contributed by atoms with Crippen LogP contribution in [-0.4, -0.2) is 41.2 Å². The number of hydrogen-bond donors (Lipinski definition) is 3. The second kappa shape index (κ2) is 8.51. The molecular formula is C27H37FN2O4. The maximum Gasteiger partial charge on any atom is 0.220 e. The van der Waals surface area contributed by atoms with Gasteiger partial charge in [0.25, 0.3) is 0 Å². The van der Waals surface area contributed by atoms with E-state index in [1.807, 2.05) is 0 Å². The summed E-state index contributed by atoms with van der Waals surface area (Å²) in [6.07, 6.45) is 8.50. The lowest BCUT2D eigenvalue weighted by molar-refractivity contribution is -0.173. The molecule has 5 fully saturated rings. The van der Waals surface area contributed by atoms with Crippen molar-refractivity contribution in [3.05, 3.63) is 29.6 Å². The number of aliphatic hydroxyl groups is 1. The quantitative estimate of drug-likeness (QED) is 0.539. The van der Waals surface area contributed by atoms with Crippen molar-refractivity contribution >= 4 is 11.8 Å². The Hall–Kier alpha value is -2.15. The Morgan fingerprint density at radius 2 is 2.03 bits per heavy atom. The van der Waals surface area contributed by atoms with Crippen molar-refractivity contribution in [2.24, 2.45) is 17.3 Å². The number of rotatable bonds is 8. The van der Waals surface area contributed by atoms with Gasteiger partial charge in [0.05, 0.1) is 12.7 Å². The van der Waals surface area contributed by atoms with Crippen LogP contribution in [0.4, 0.5) is 4.39 Å². The highest BCUT2D eigenvalue weighted by atomic mass is 19.1. The van der Waals surface area contributed by atoms with E-state index in [1.54, 1.807) is 12.1 Å². The average Bonchev–Trinajstić information content (AvgIpc) is 3.12. The Morgan fingerprint density at radius 1 is 1.29 bits per heavy atom. The Balaban J connectivity index is 1.23. The van der Waals surface area contributed by atoms with Crippen molar-refractivity contribution < 1.29 is 23.8 Å². The molecule has 0 spiro atoms. The highest BCUT2D eigenvalue weighted by Crippen LogP contribution is 2.62. The molecule has 34 heavy (non-hydrogen) atoms. The molecule has 1 aliphatic heterocycles. The standard InChI is InChI=1S/C27H37FN2O4/c1-17(25-11-19-9-20(12-25)15-27(33,14-19)16-25)29-23(31)5-7-26(8-6-24(32)30-26)13-18-3-4-21(28)22(10-18)34-2/h3-4,10,17,19-20,33H,5-9,11-16H2,1-2H3,(H,29,31)(H,30,32)/t17-,19-,20+,25?,26+,27?/m1/s1. The van der Waals surface area contributed by atoms with Crippen LogP contribution in [0.15, 0.2) is 18.2 Å². The molecule has 4 bridgehead atoms. The summed E-state index contributed by atoms with van der Waals surface area (Å²) >= 11 is 0.